The molecule has 0 amide bonds. The summed E-state index contributed by atoms with van der Waals surface area (Å²) in [6.45, 7) is 2.04. The molecule has 0 bridgehead atoms. The van der Waals surface area contributed by atoms with Crippen molar-refractivity contribution < 1.29 is 4.79 Å². The van der Waals surface area contributed by atoms with Crippen LogP contribution in [0.2, 0.25) is 0 Å². The molecular formula is C21H21NO. The Morgan fingerprint density at radius 1 is 1.00 bits per heavy atom. The molecular weight excluding hydrogens is 282 g/mol. The van der Waals surface area contributed by atoms with E-state index in [4.69, 9.17) is 0 Å². The Balaban J connectivity index is 1.83. The molecule has 2 nitrogen and oxygen atoms in total. The second kappa shape index (κ2) is 5.69. The average Bonchev–Trinajstić information content (AvgIpc) is 3.22. The first-order valence-electron chi connectivity index (χ1n) is 8.45. The number of para-hydroxylation sites is 1. The third-order valence-electron chi connectivity index (χ3n) is 5.02. The lowest BCUT2D eigenvalue weighted by atomic mass is 10.0. The van der Waals surface area contributed by atoms with Gasteiger partial charge in [0, 0.05) is 34.3 Å². The molecule has 1 fully saturated rings. The number of rotatable bonds is 3. The van der Waals surface area contributed by atoms with Crippen molar-refractivity contribution in [3.63, 3.8) is 0 Å². The van der Waals surface area contributed by atoms with Crippen molar-refractivity contribution in [3.05, 3.63) is 71.4 Å². The van der Waals surface area contributed by atoms with Crippen molar-refractivity contribution in [1.82, 2.24) is 4.57 Å². The molecule has 2 aromatic carbocycles. The molecule has 1 heterocycles. The number of hydrogen-bond acceptors (Lipinski definition) is 1. The predicted molar refractivity (Wildman–Crippen MR) is 94.1 cm³/mol. The predicted octanol–water partition coefficient (Wildman–Crippen LogP) is 5.30. The highest BCUT2D eigenvalue weighted by atomic mass is 16.1. The molecule has 0 aliphatic heterocycles. The van der Waals surface area contributed by atoms with Gasteiger partial charge in [-0.15, -0.1) is 0 Å². The molecule has 1 aliphatic rings. The minimum atomic E-state index is 0.123. The maximum atomic E-state index is 13.0. The summed E-state index contributed by atoms with van der Waals surface area (Å²) in [4.78, 5) is 13.0. The van der Waals surface area contributed by atoms with Gasteiger partial charge >= 0.3 is 0 Å². The quantitative estimate of drug-likeness (QED) is 0.602. The van der Waals surface area contributed by atoms with Gasteiger partial charge in [-0.3, -0.25) is 4.79 Å². The van der Waals surface area contributed by atoms with E-state index in [-0.39, 0.29) is 5.78 Å². The van der Waals surface area contributed by atoms with Gasteiger partial charge in [0.05, 0.1) is 0 Å². The zero-order valence-electron chi connectivity index (χ0n) is 13.5. The lowest BCUT2D eigenvalue weighted by molar-refractivity contribution is 0.104. The number of nitrogens with zero attached hydrogens (tertiary/aromatic N) is 1. The van der Waals surface area contributed by atoms with Gasteiger partial charge in [0.25, 0.3) is 0 Å². The van der Waals surface area contributed by atoms with Crippen molar-refractivity contribution in [2.75, 3.05) is 0 Å². The van der Waals surface area contributed by atoms with E-state index in [1.54, 1.807) is 0 Å². The van der Waals surface area contributed by atoms with E-state index in [9.17, 15) is 4.79 Å². The number of ketones is 1. The van der Waals surface area contributed by atoms with E-state index >= 15 is 0 Å². The lowest BCUT2D eigenvalue weighted by Crippen LogP contribution is -2.04. The van der Waals surface area contributed by atoms with Crippen LogP contribution in [0.15, 0.2) is 54.7 Å². The first-order valence-corrected chi connectivity index (χ1v) is 8.45. The van der Waals surface area contributed by atoms with E-state index in [2.05, 4.69) is 29.0 Å². The highest BCUT2D eigenvalue weighted by molar-refractivity contribution is 6.16. The molecule has 0 spiro atoms. The summed E-state index contributed by atoms with van der Waals surface area (Å²) in [5, 5.41) is 1.07. The monoisotopic (exact) mass is 303 g/mol. The Hall–Kier alpha value is -2.35. The minimum absolute atomic E-state index is 0.123. The number of carbonyl (C=O) groups excluding carboxylic acids is 1. The van der Waals surface area contributed by atoms with Crippen LogP contribution in [0.3, 0.4) is 0 Å². The number of fused-ring (bicyclic) bond motifs is 1. The number of aromatic nitrogens is 1. The minimum Gasteiger partial charge on any atom is -0.344 e. The zero-order chi connectivity index (χ0) is 15.8. The molecule has 0 atom stereocenters. The fraction of sp³-hybridized carbons (Fsp3) is 0.286. The summed E-state index contributed by atoms with van der Waals surface area (Å²) in [5.41, 5.74) is 3.96. The second-order valence-corrected chi connectivity index (χ2v) is 6.60. The van der Waals surface area contributed by atoms with Crippen molar-refractivity contribution >= 4 is 16.7 Å². The Morgan fingerprint density at radius 3 is 2.43 bits per heavy atom. The van der Waals surface area contributed by atoms with E-state index in [0.29, 0.717) is 6.04 Å². The van der Waals surface area contributed by atoms with Crippen molar-refractivity contribution in [3.8, 4) is 0 Å². The summed E-state index contributed by atoms with van der Waals surface area (Å²) in [7, 11) is 0. The van der Waals surface area contributed by atoms with Crippen LogP contribution in [0.25, 0.3) is 10.9 Å². The molecule has 1 aromatic heterocycles. The number of benzene rings is 2. The molecule has 0 saturated heterocycles. The second-order valence-electron chi connectivity index (χ2n) is 6.60. The summed E-state index contributed by atoms with van der Waals surface area (Å²) in [6, 6.07) is 16.7. The van der Waals surface area contributed by atoms with E-state index < -0.39 is 0 Å². The van der Waals surface area contributed by atoms with Crippen molar-refractivity contribution in [1.29, 1.82) is 0 Å². The molecule has 2 heteroatoms. The van der Waals surface area contributed by atoms with E-state index in [1.807, 2.05) is 37.3 Å². The van der Waals surface area contributed by atoms with Crippen molar-refractivity contribution in [2.45, 2.75) is 38.6 Å². The molecule has 1 aliphatic carbocycles. The van der Waals surface area contributed by atoms with Gasteiger partial charge in [-0.25, -0.2) is 0 Å². The number of aryl methyl sites for hydroxylation is 1. The van der Waals surface area contributed by atoms with Gasteiger partial charge in [-0.2, -0.15) is 0 Å². The van der Waals surface area contributed by atoms with Gasteiger partial charge < -0.3 is 4.57 Å². The number of carbonyl (C=O) groups is 1. The van der Waals surface area contributed by atoms with Gasteiger partial charge in [-0.05, 0) is 25.8 Å². The normalized spacial score (nSPS) is 15.3. The summed E-state index contributed by atoms with van der Waals surface area (Å²) in [5.74, 6) is 0.123. The molecule has 0 N–H and O–H groups in total. The highest BCUT2D eigenvalue weighted by Gasteiger charge is 2.22. The number of hydrogen-bond donors (Lipinski definition) is 0. The van der Waals surface area contributed by atoms with Gasteiger partial charge in [0.1, 0.15) is 0 Å². The van der Waals surface area contributed by atoms with E-state index in [0.717, 1.165) is 16.5 Å². The molecule has 4 rings (SSSR count). The van der Waals surface area contributed by atoms with Crippen LogP contribution in [-0.4, -0.2) is 10.4 Å². The van der Waals surface area contributed by atoms with Crippen LogP contribution >= 0.6 is 0 Å². The Morgan fingerprint density at radius 2 is 1.70 bits per heavy atom. The first-order chi connectivity index (χ1) is 11.2. The largest absolute Gasteiger partial charge is 0.344 e. The molecule has 0 radical (unpaired) electrons. The van der Waals surface area contributed by atoms with E-state index in [1.165, 1.54) is 36.8 Å². The van der Waals surface area contributed by atoms with Crippen LogP contribution in [0.5, 0.6) is 0 Å². The summed E-state index contributed by atoms with van der Waals surface area (Å²) >= 11 is 0. The lowest BCUT2D eigenvalue weighted by Gasteiger charge is -2.12. The van der Waals surface area contributed by atoms with Crippen molar-refractivity contribution in [2.24, 2.45) is 0 Å². The Bertz CT molecular complexity index is 851. The van der Waals surface area contributed by atoms with Gasteiger partial charge in [0.15, 0.2) is 5.78 Å². The maximum Gasteiger partial charge on any atom is 0.195 e. The molecule has 1 saturated carbocycles. The molecule has 23 heavy (non-hydrogen) atoms. The third kappa shape index (κ3) is 2.48. The Kier molecular flexibility index (Phi) is 3.53. The summed E-state index contributed by atoms with van der Waals surface area (Å²) in [6.07, 6.45) is 7.10. The smallest absolute Gasteiger partial charge is 0.195 e. The van der Waals surface area contributed by atoms with Crippen LogP contribution in [0, 0.1) is 6.92 Å². The topological polar surface area (TPSA) is 22.0 Å². The fourth-order valence-electron chi connectivity index (χ4n) is 3.73. The Labute approximate surface area is 136 Å². The molecule has 3 aromatic rings. The van der Waals surface area contributed by atoms with Gasteiger partial charge in [-0.1, -0.05) is 60.9 Å². The molecule has 116 valence electrons. The van der Waals surface area contributed by atoms with Crippen LogP contribution < -0.4 is 0 Å². The standard InChI is InChI=1S/C21H21NO/c1-15-10-12-16(13-11-15)21(23)19-14-22(17-6-2-3-7-17)20-9-5-4-8-18(19)20/h4-5,8-14,17H,2-3,6-7H2,1H3. The average molecular weight is 303 g/mol. The highest BCUT2D eigenvalue weighted by Crippen LogP contribution is 2.34. The van der Waals surface area contributed by atoms with Crippen LogP contribution in [-0.2, 0) is 0 Å². The fourth-order valence-corrected chi connectivity index (χ4v) is 3.73. The SMILES string of the molecule is Cc1ccc(C(=O)c2cn(C3CCCC3)c3ccccc23)cc1. The first kappa shape index (κ1) is 14.3. The van der Waals surface area contributed by atoms with Gasteiger partial charge in [0.2, 0.25) is 0 Å². The summed E-state index contributed by atoms with van der Waals surface area (Å²) < 4.78 is 2.34. The maximum absolute atomic E-state index is 13.0. The molecule has 0 unspecified atom stereocenters. The van der Waals surface area contributed by atoms with Crippen LogP contribution in [0.1, 0.15) is 53.2 Å². The van der Waals surface area contributed by atoms with Crippen LogP contribution in [0.4, 0.5) is 0 Å². The zero-order valence-corrected chi connectivity index (χ0v) is 13.5. The third-order valence-corrected chi connectivity index (χ3v) is 5.02.